The first-order chi connectivity index (χ1) is 8.29. The highest BCUT2D eigenvalue weighted by atomic mass is 32.2. The highest BCUT2D eigenvalue weighted by Gasteiger charge is 2.19. The molecule has 0 radical (unpaired) electrons. The summed E-state index contributed by atoms with van der Waals surface area (Å²) in [5.41, 5.74) is 7.02. The third kappa shape index (κ3) is 2.22. The molecule has 0 saturated heterocycles. The van der Waals surface area contributed by atoms with Crippen molar-refractivity contribution in [3.8, 4) is 11.5 Å². The van der Waals surface area contributed by atoms with Gasteiger partial charge < -0.3 is 10.2 Å². The van der Waals surface area contributed by atoms with E-state index in [0.29, 0.717) is 17.1 Å². The Morgan fingerprint density at radius 1 is 1.28 bits per heavy atom. The van der Waals surface area contributed by atoms with Gasteiger partial charge >= 0.3 is 0 Å². The van der Waals surface area contributed by atoms with Crippen LogP contribution in [0, 0.1) is 13.8 Å². The van der Waals surface area contributed by atoms with Crippen LogP contribution >= 0.6 is 0 Å². The van der Waals surface area contributed by atoms with Gasteiger partial charge in [-0.05, 0) is 32.0 Å². The van der Waals surface area contributed by atoms with Gasteiger partial charge in [-0.15, -0.1) is 0 Å². The molecule has 0 aliphatic rings. The van der Waals surface area contributed by atoms with Crippen molar-refractivity contribution in [3.05, 3.63) is 29.7 Å². The van der Waals surface area contributed by atoms with Crippen molar-refractivity contribution in [1.82, 2.24) is 4.98 Å². The zero-order valence-electron chi connectivity index (χ0n) is 9.97. The highest BCUT2D eigenvalue weighted by molar-refractivity contribution is 7.89. The van der Waals surface area contributed by atoms with Crippen molar-refractivity contribution in [1.29, 1.82) is 0 Å². The summed E-state index contributed by atoms with van der Waals surface area (Å²) in [6.07, 6.45) is 0. The Morgan fingerprint density at radius 2 is 1.94 bits per heavy atom. The molecule has 2 aromatic rings. The average molecular weight is 267 g/mol. The minimum Gasteiger partial charge on any atom is -0.441 e. The fourth-order valence-electron chi connectivity index (χ4n) is 1.55. The van der Waals surface area contributed by atoms with Crippen molar-refractivity contribution in [3.63, 3.8) is 0 Å². The molecule has 96 valence electrons. The van der Waals surface area contributed by atoms with E-state index in [1.807, 2.05) is 0 Å². The van der Waals surface area contributed by atoms with Gasteiger partial charge in [-0.3, -0.25) is 0 Å². The van der Waals surface area contributed by atoms with Crippen LogP contribution in [0.3, 0.4) is 0 Å². The molecule has 0 aliphatic heterocycles. The third-order valence-electron chi connectivity index (χ3n) is 2.57. The number of aromatic nitrogens is 1. The van der Waals surface area contributed by atoms with E-state index in [4.69, 9.17) is 15.3 Å². The molecule has 0 spiro atoms. The minimum absolute atomic E-state index is 0.0575. The third-order valence-corrected chi connectivity index (χ3v) is 3.54. The molecular formula is C11H13N3O3S. The van der Waals surface area contributed by atoms with E-state index in [1.54, 1.807) is 13.8 Å². The van der Waals surface area contributed by atoms with Crippen molar-refractivity contribution in [2.45, 2.75) is 18.7 Å². The number of anilines is 1. The van der Waals surface area contributed by atoms with Crippen LogP contribution in [0.5, 0.6) is 0 Å². The fourth-order valence-corrected chi connectivity index (χ4v) is 2.26. The molecule has 1 heterocycles. The standard InChI is InChI=1S/C11H13N3O3S/c1-6-7(2)17-11(14-6)9-5-8(12)3-4-10(9)18(13,15)16/h3-5H,12H2,1-2H3,(H2,13,15,16). The molecule has 0 saturated carbocycles. The van der Waals surface area contributed by atoms with Gasteiger partial charge in [-0.25, -0.2) is 18.5 Å². The minimum atomic E-state index is -3.86. The van der Waals surface area contributed by atoms with Crippen LogP contribution in [0.2, 0.25) is 0 Å². The van der Waals surface area contributed by atoms with Crippen molar-refractivity contribution < 1.29 is 12.8 Å². The Bertz CT molecular complexity index is 685. The molecular weight excluding hydrogens is 254 g/mol. The van der Waals surface area contributed by atoms with Crippen LogP contribution in [-0.4, -0.2) is 13.4 Å². The lowest BCUT2D eigenvalue weighted by Gasteiger charge is -2.05. The molecule has 0 bridgehead atoms. The van der Waals surface area contributed by atoms with Crippen molar-refractivity contribution in [2.24, 2.45) is 5.14 Å². The Morgan fingerprint density at radius 3 is 2.44 bits per heavy atom. The number of oxazole rings is 1. The maximum absolute atomic E-state index is 11.5. The predicted octanol–water partition coefficient (Wildman–Crippen LogP) is 1.19. The number of nitrogens with zero attached hydrogens (tertiary/aromatic N) is 1. The number of hydrogen-bond donors (Lipinski definition) is 2. The molecule has 2 rings (SSSR count). The highest BCUT2D eigenvalue weighted by Crippen LogP contribution is 2.29. The molecule has 0 unspecified atom stereocenters. The zero-order valence-corrected chi connectivity index (χ0v) is 10.8. The Kier molecular flexibility index (Phi) is 2.88. The predicted molar refractivity (Wildman–Crippen MR) is 67.2 cm³/mol. The summed E-state index contributed by atoms with van der Waals surface area (Å²) < 4.78 is 28.4. The summed E-state index contributed by atoms with van der Waals surface area (Å²) >= 11 is 0. The average Bonchev–Trinajstić information content (AvgIpc) is 2.57. The van der Waals surface area contributed by atoms with E-state index < -0.39 is 10.0 Å². The summed E-state index contributed by atoms with van der Waals surface area (Å²) in [5, 5.41) is 5.15. The molecule has 18 heavy (non-hydrogen) atoms. The van der Waals surface area contributed by atoms with Gasteiger partial charge in [-0.2, -0.15) is 0 Å². The first-order valence-corrected chi connectivity index (χ1v) is 6.70. The number of rotatable bonds is 2. The van der Waals surface area contributed by atoms with E-state index in [9.17, 15) is 8.42 Å². The zero-order chi connectivity index (χ0) is 13.5. The van der Waals surface area contributed by atoms with E-state index >= 15 is 0 Å². The summed E-state index contributed by atoms with van der Waals surface area (Å²) in [4.78, 5) is 4.10. The van der Waals surface area contributed by atoms with E-state index in [0.717, 1.165) is 0 Å². The second-order valence-corrected chi connectivity index (χ2v) is 5.49. The number of nitrogens with two attached hydrogens (primary N) is 2. The second kappa shape index (κ2) is 4.11. The molecule has 0 fully saturated rings. The number of nitrogen functional groups attached to an aromatic ring is 1. The first-order valence-electron chi connectivity index (χ1n) is 5.16. The monoisotopic (exact) mass is 267 g/mol. The number of primary sulfonamides is 1. The SMILES string of the molecule is Cc1nc(-c2cc(N)ccc2S(N)(=O)=O)oc1C. The van der Waals surface area contributed by atoms with Crippen molar-refractivity contribution >= 4 is 15.7 Å². The van der Waals surface area contributed by atoms with Gasteiger partial charge in [0, 0.05) is 5.69 Å². The van der Waals surface area contributed by atoms with Crippen LogP contribution in [0.15, 0.2) is 27.5 Å². The fraction of sp³-hybridized carbons (Fsp3) is 0.182. The van der Waals surface area contributed by atoms with E-state index in [2.05, 4.69) is 4.98 Å². The maximum atomic E-state index is 11.5. The topological polar surface area (TPSA) is 112 Å². The van der Waals surface area contributed by atoms with Crippen LogP contribution in [0.25, 0.3) is 11.5 Å². The van der Waals surface area contributed by atoms with Gasteiger partial charge in [0.05, 0.1) is 16.2 Å². The van der Waals surface area contributed by atoms with E-state index in [-0.39, 0.29) is 16.3 Å². The lowest BCUT2D eigenvalue weighted by Crippen LogP contribution is -2.13. The molecule has 0 amide bonds. The number of hydrogen-bond acceptors (Lipinski definition) is 5. The Hall–Kier alpha value is -1.86. The van der Waals surface area contributed by atoms with Gasteiger partial charge in [0.15, 0.2) is 0 Å². The molecule has 4 N–H and O–H groups in total. The largest absolute Gasteiger partial charge is 0.441 e. The summed E-state index contributed by atoms with van der Waals surface area (Å²) in [7, 11) is -3.86. The first kappa shape index (κ1) is 12.6. The molecule has 1 aromatic heterocycles. The smallest absolute Gasteiger partial charge is 0.238 e. The summed E-state index contributed by atoms with van der Waals surface area (Å²) in [5.74, 6) is 0.814. The van der Waals surface area contributed by atoms with Crippen LogP contribution in [-0.2, 0) is 10.0 Å². The lowest BCUT2D eigenvalue weighted by molar-refractivity contribution is 0.538. The van der Waals surface area contributed by atoms with Gasteiger partial charge in [0.1, 0.15) is 5.76 Å². The van der Waals surface area contributed by atoms with Gasteiger partial charge in [0.25, 0.3) is 0 Å². The normalized spacial score (nSPS) is 11.7. The Labute approximate surface area is 105 Å². The van der Waals surface area contributed by atoms with Crippen LogP contribution in [0.4, 0.5) is 5.69 Å². The van der Waals surface area contributed by atoms with Gasteiger partial charge in [-0.1, -0.05) is 0 Å². The summed E-state index contributed by atoms with van der Waals surface area (Å²) in [6.45, 7) is 3.51. The van der Waals surface area contributed by atoms with Crippen molar-refractivity contribution in [2.75, 3.05) is 5.73 Å². The molecule has 7 heteroatoms. The quantitative estimate of drug-likeness (QED) is 0.793. The molecule has 0 aliphatic carbocycles. The summed E-state index contributed by atoms with van der Waals surface area (Å²) in [6, 6.07) is 4.28. The van der Waals surface area contributed by atoms with Gasteiger partial charge in [0.2, 0.25) is 15.9 Å². The molecule has 0 atom stereocenters. The number of sulfonamides is 1. The van der Waals surface area contributed by atoms with Crippen LogP contribution < -0.4 is 10.9 Å². The number of aryl methyl sites for hydroxylation is 2. The molecule has 1 aromatic carbocycles. The Balaban J connectivity index is 2.73. The number of benzene rings is 1. The maximum Gasteiger partial charge on any atom is 0.238 e. The van der Waals surface area contributed by atoms with Crippen LogP contribution in [0.1, 0.15) is 11.5 Å². The van der Waals surface area contributed by atoms with E-state index in [1.165, 1.54) is 18.2 Å². The second-order valence-electron chi connectivity index (χ2n) is 3.96. The molecule has 6 nitrogen and oxygen atoms in total. The lowest BCUT2D eigenvalue weighted by atomic mass is 10.2.